The van der Waals surface area contributed by atoms with Gasteiger partial charge in [0.1, 0.15) is 0 Å². The van der Waals surface area contributed by atoms with E-state index in [0.717, 1.165) is 11.3 Å². The third kappa shape index (κ3) is 1.85. The van der Waals surface area contributed by atoms with Crippen LogP contribution < -0.4 is 10.6 Å². The molecule has 1 saturated heterocycles. The van der Waals surface area contributed by atoms with Crippen molar-refractivity contribution < 1.29 is 9.59 Å². The maximum Gasteiger partial charge on any atom is 0.317 e. The Hall–Kier alpha value is -2.04. The maximum atomic E-state index is 12.4. The molecule has 1 atom stereocenters. The van der Waals surface area contributed by atoms with Gasteiger partial charge in [0.25, 0.3) is 0 Å². The zero-order chi connectivity index (χ0) is 14.3. The first-order valence-electron chi connectivity index (χ1n) is 6.99. The highest BCUT2D eigenvalue weighted by Crippen LogP contribution is 2.43. The average Bonchev–Trinajstić information content (AvgIpc) is 2.95. The number of carbonyl (C=O) groups is 2. The fourth-order valence-corrected chi connectivity index (χ4v) is 3.10. The van der Waals surface area contributed by atoms with Crippen molar-refractivity contribution in [2.75, 3.05) is 18.4 Å². The number of fused-ring (bicyclic) bond motifs is 2. The van der Waals surface area contributed by atoms with Gasteiger partial charge >= 0.3 is 6.03 Å². The Labute approximate surface area is 118 Å². The molecule has 106 valence electrons. The highest BCUT2D eigenvalue weighted by atomic mass is 16.2. The number of nitrogens with one attached hydrogen (secondary N) is 2. The van der Waals surface area contributed by atoms with Gasteiger partial charge in [-0.25, -0.2) is 4.79 Å². The summed E-state index contributed by atoms with van der Waals surface area (Å²) < 4.78 is 0. The van der Waals surface area contributed by atoms with Crippen LogP contribution in [-0.2, 0) is 10.2 Å². The molecule has 3 rings (SSSR count). The van der Waals surface area contributed by atoms with E-state index in [4.69, 9.17) is 0 Å². The Bertz CT molecular complexity index is 570. The van der Waals surface area contributed by atoms with Crippen LogP contribution in [0.1, 0.15) is 25.8 Å². The predicted octanol–water partition coefficient (Wildman–Crippen LogP) is 1.70. The number of carbonyl (C=O) groups excluding carboxylic acids is 2. The molecule has 0 aromatic heterocycles. The fraction of sp³-hybridized carbons (Fsp3) is 0.467. The van der Waals surface area contributed by atoms with E-state index in [1.807, 2.05) is 38.1 Å². The van der Waals surface area contributed by atoms with E-state index >= 15 is 0 Å². The normalized spacial score (nSPS) is 24.1. The molecule has 3 amide bonds. The van der Waals surface area contributed by atoms with E-state index in [-0.39, 0.29) is 18.0 Å². The van der Waals surface area contributed by atoms with Crippen molar-refractivity contribution >= 4 is 17.6 Å². The number of hydrogen-bond acceptors (Lipinski definition) is 2. The molecule has 20 heavy (non-hydrogen) atoms. The van der Waals surface area contributed by atoms with Crippen LogP contribution in [0.4, 0.5) is 10.5 Å². The molecule has 0 aliphatic carbocycles. The maximum absolute atomic E-state index is 12.4. The summed E-state index contributed by atoms with van der Waals surface area (Å²) in [5, 5.41) is 5.82. The molecule has 1 spiro atoms. The largest absolute Gasteiger partial charge is 0.336 e. The Kier molecular flexibility index (Phi) is 2.92. The van der Waals surface area contributed by atoms with Crippen molar-refractivity contribution in [2.45, 2.75) is 31.7 Å². The van der Waals surface area contributed by atoms with Gasteiger partial charge in [-0.2, -0.15) is 0 Å². The number of para-hydroxylation sites is 1. The Morgan fingerprint density at radius 1 is 1.40 bits per heavy atom. The van der Waals surface area contributed by atoms with Gasteiger partial charge < -0.3 is 15.5 Å². The molecule has 2 heterocycles. The molecule has 0 radical (unpaired) electrons. The highest BCUT2D eigenvalue weighted by molar-refractivity contribution is 6.07. The van der Waals surface area contributed by atoms with Crippen molar-refractivity contribution in [3.8, 4) is 0 Å². The minimum atomic E-state index is -0.565. The Balaban J connectivity index is 1.86. The zero-order valence-corrected chi connectivity index (χ0v) is 11.8. The summed E-state index contributed by atoms with van der Waals surface area (Å²) in [5.41, 5.74) is 1.33. The van der Waals surface area contributed by atoms with E-state index in [1.54, 1.807) is 4.90 Å². The van der Waals surface area contributed by atoms with Crippen LogP contribution in [0.5, 0.6) is 0 Å². The monoisotopic (exact) mass is 273 g/mol. The Morgan fingerprint density at radius 3 is 2.90 bits per heavy atom. The summed E-state index contributed by atoms with van der Waals surface area (Å²) in [7, 11) is 0. The summed E-state index contributed by atoms with van der Waals surface area (Å²) in [6.07, 6.45) is 0.682. The number of urea groups is 1. The van der Waals surface area contributed by atoms with Crippen LogP contribution in [-0.4, -0.2) is 36.0 Å². The summed E-state index contributed by atoms with van der Waals surface area (Å²) in [5.74, 6) is 0.0125. The molecule has 0 bridgehead atoms. The van der Waals surface area contributed by atoms with Gasteiger partial charge in [0, 0.05) is 24.8 Å². The average molecular weight is 273 g/mol. The van der Waals surface area contributed by atoms with Gasteiger partial charge in [-0.15, -0.1) is 0 Å². The quantitative estimate of drug-likeness (QED) is 0.818. The molecular weight excluding hydrogens is 254 g/mol. The molecule has 0 saturated carbocycles. The van der Waals surface area contributed by atoms with Crippen molar-refractivity contribution in [1.29, 1.82) is 0 Å². The first kappa shape index (κ1) is 13.0. The molecule has 1 aromatic carbocycles. The van der Waals surface area contributed by atoms with Crippen LogP contribution in [0.3, 0.4) is 0 Å². The van der Waals surface area contributed by atoms with Crippen molar-refractivity contribution in [2.24, 2.45) is 0 Å². The van der Waals surface area contributed by atoms with Crippen LogP contribution in [0.2, 0.25) is 0 Å². The van der Waals surface area contributed by atoms with Gasteiger partial charge in [0.2, 0.25) is 5.91 Å². The van der Waals surface area contributed by atoms with Gasteiger partial charge in [0.05, 0.1) is 5.41 Å². The second-order valence-corrected chi connectivity index (χ2v) is 5.86. The molecule has 2 N–H and O–H groups in total. The van der Waals surface area contributed by atoms with Crippen molar-refractivity contribution in [3.05, 3.63) is 29.8 Å². The minimum Gasteiger partial charge on any atom is -0.336 e. The van der Waals surface area contributed by atoms with Crippen molar-refractivity contribution in [3.63, 3.8) is 0 Å². The van der Waals surface area contributed by atoms with Crippen LogP contribution in [0, 0.1) is 0 Å². The molecule has 0 unspecified atom stereocenters. The third-order valence-corrected chi connectivity index (χ3v) is 4.09. The van der Waals surface area contributed by atoms with Crippen LogP contribution in [0.15, 0.2) is 24.3 Å². The number of anilines is 1. The fourth-order valence-electron chi connectivity index (χ4n) is 3.10. The van der Waals surface area contributed by atoms with Crippen LogP contribution in [0.25, 0.3) is 0 Å². The number of hydrogen-bond donors (Lipinski definition) is 2. The first-order chi connectivity index (χ1) is 9.53. The molecule has 1 aromatic rings. The topological polar surface area (TPSA) is 61.4 Å². The minimum absolute atomic E-state index is 0.0125. The molecular formula is C15H19N3O2. The van der Waals surface area contributed by atoms with Gasteiger partial charge in [-0.05, 0) is 31.9 Å². The molecule has 2 aliphatic rings. The lowest BCUT2D eigenvalue weighted by atomic mass is 9.81. The summed E-state index contributed by atoms with van der Waals surface area (Å²) in [4.78, 5) is 26.2. The first-order valence-corrected chi connectivity index (χ1v) is 6.99. The standard InChI is InChI=1S/C15H19N3O2/c1-10(2)16-14(20)18-8-7-15(9-18)11-5-3-4-6-12(11)17-13(15)19/h3-6,10H,7-9H2,1-2H3,(H,16,20)(H,17,19)/t15-/m1/s1. The summed E-state index contributed by atoms with van der Waals surface area (Å²) in [6.45, 7) is 4.93. The number of nitrogens with zero attached hydrogens (tertiary/aromatic N) is 1. The lowest BCUT2D eigenvalue weighted by molar-refractivity contribution is -0.120. The van der Waals surface area contributed by atoms with Gasteiger partial charge in [-0.1, -0.05) is 18.2 Å². The second kappa shape index (κ2) is 4.51. The smallest absolute Gasteiger partial charge is 0.317 e. The number of rotatable bonds is 1. The van der Waals surface area contributed by atoms with E-state index in [9.17, 15) is 9.59 Å². The zero-order valence-electron chi connectivity index (χ0n) is 11.8. The van der Waals surface area contributed by atoms with E-state index in [0.29, 0.717) is 19.5 Å². The highest BCUT2D eigenvalue weighted by Gasteiger charge is 2.51. The number of benzene rings is 1. The van der Waals surface area contributed by atoms with E-state index < -0.39 is 5.41 Å². The summed E-state index contributed by atoms with van der Waals surface area (Å²) >= 11 is 0. The predicted molar refractivity (Wildman–Crippen MR) is 76.6 cm³/mol. The molecule has 5 nitrogen and oxygen atoms in total. The van der Waals surface area contributed by atoms with Gasteiger partial charge in [-0.3, -0.25) is 4.79 Å². The summed E-state index contributed by atoms with van der Waals surface area (Å²) in [6, 6.07) is 7.77. The lowest BCUT2D eigenvalue weighted by Gasteiger charge is -2.23. The SMILES string of the molecule is CC(C)NC(=O)N1CC[C@]2(C1)C(=O)Nc1ccccc12. The van der Waals surface area contributed by atoms with Crippen LogP contribution >= 0.6 is 0 Å². The lowest BCUT2D eigenvalue weighted by Crippen LogP contribution is -2.44. The molecule has 1 fully saturated rings. The van der Waals surface area contributed by atoms with Gasteiger partial charge in [0.15, 0.2) is 0 Å². The Morgan fingerprint density at radius 2 is 2.15 bits per heavy atom. The molecule has 5 heteroatoms. The van der Waals surface area contributed by atoms with E-state index in [1.165, 1.54) is 0 Å². The second-order valence-electron chi connectivity index (χ2n) is 5.86. The number of likely N-dealkylation sites (tertiary alicyclic amines) is 1. The number of amides is 3. The molecule has 2 aliphatic heterocycles. The van der Waals surface area contributed by atoms with E-state index in [2.05, 4.69) is 10.6 Å². The third-order valence-electron chi connectivity index (χ3n) is 4.09. The van der Waals surface area contributed by atoms with Crippen molar-refractivity contribution in [1.82, 2.24) is 10.2 Å².